The third kappa shape index (κ3) is 2.36. The summed E-state index contributed by atoms with van der Waals surface area (Å²) in [5.74, 6) is -4.48. The van der Waals surface area contributed by atoms with Crippen LogP contribution in [0, 0.1) is 28.6 Å². The SMILES string of the molecule is CC(C)C12C=CC(C)(CC1)C(C(=O)[O-])C2C(=O)[O-].[Ca+2]. The summed E-state index contributed by atoms with van der Waals surface area (Å²) in [6.45, 7) is 5.66. The maximum atomic E-state index is 11.5. The van der Waals surface area contributed by atoms with Gasteiger partial charge in [-0.1, -0.05) is 32.9 Å². The van der Waals surface area contributed by atoms with Crippen molar-refractivity contribution in [2.24, 2.45) is 28.6 Å². The van der Waals surface area contributed by atoms with Gasteiger partial charge in [-0.05, 0) is 29.6 Å². The molecule has 0 heterocycles. The molecule has 0 aromatic carbocycles. The number of hydrogen-bond donors (Lipinski definition) is 0. The van der Waals surface area contributed by atoms with Crippen molar-refractivity contribution < 1.29 is 19.8 Å². The third-order valence-corrected chi connectivity index (χ3v) is 5.08. The van der Waals surface area contributed by atoms with Gasteiger partial charge in [-0.25, -0.2) is 0 Å². The first-order valence-corrected chi connectivity index (χ1v) is 6.37. The van der Waals surface area contributed by atoms with Crippen LogP contribution in [-0.4, -0.2) is 49.7 Å². The molecule has 4 unspecified atom stereocenters. The van der Waals surface area contributed by atoms with E-state index in [4.69, 9.17) is 0 Å². The van der Waals surface area contributed by atoms with Crippen LogP contribution in [0.5, 0.6) is 0 Å². The molecule has 0 aromatic rings. The van der Waals surface area contributed by atoms with Crippen LogP contribution in [0.2, 0.25) is 0 Å². The molecule has 0 aromatic heterocycles. The van der Waals surface area contributed by atoms with Gasteiger partial charge in [0.05, 0.1) is 0 Å². The van der Waals surface area contributed by atoms with E-state index >= 15 is 0 Å². The van der Waals surface area contributed by atoms with Crippen molar-refractivity contribution in [2.45, 2.75) is 33.6 Å². The van der Waals surface area contributed by atoms with Crippen molar-refractivity contribution in [3.8, 4) is 0 Å². The van der Waals surface area contributed by atoms with E-state index in [-0.39, 0.29) is 43.7 Å². The van der Waals surface area contributed by atoms with E-state index in [9.17, 15) is 19.8 Å². The van der Waals surface area contributed by atoms with Crippen molar-refractivity contribution in [1.29, 1.82) is 0 Å². The van der Waals surface area contributed by atoms with Crippen molar-refractivity contribution >= 4 is 49.7 Å². The molecule has 0 radical (unpaired) electrons. The molecule has 0 amide bonds. The summed E-state index contributed by atoms with van der Waals surface area (Å²) >= 11 is 0. The van der Waals surface area contributed by atoms with Crippen LogP contribution in [-0.2, 0) is 9.59 Å². The van der Waals surface area contributed by atoms with E-state index in [1.807, 2.05) is 26.0 Å². The number of aliphatic carboxylic acids is 2. The van der Waals surface area contributed by atoms with Gasteiger partial charge in [0.25, 0.3) is 0 Å². The second-order valence-electron chi connectivity index (χ2n) is 6.20. The van der Waals surface area contributed by atoms with Crippen LogP contribution < -0.4 is 10.2 Å². The summed E-state index contributed by atoms with van der Waals surface area (Å²) in [5.41, 5.74) is -1.23. The number of carbonyl (C=O) groups is 2. The Morgan fingerprint density at radius 2 is 1.63 bits per heavy atom. The minimum atomic E-state index is -1.28. The summed E-state index contributed by atoms with van der Waals surface area (Å²) in [6, 6.07) is 0. The van der Waals surface area contributed by atoms with Crippen LogP contribution in [0.3, 0.4) is 0 Å². The van der Waals surface area contributed by atoms with Crippen LogP contribution in [0.1, 0.15) is 33.6 Å². The van der Waals surface area contributed by atoms with Gasteiger partial charge in [-0.15, -0.1) is 0 Å². The fraction of sp³-hybridized carbons (Fsp3) is 0.714. The number of hydrogen-bond acceptors (Lipinski definition) is 4. The second kappa shape index (κ2) is 5.38. The Hall–Kier alpha value is -0.0603. The molecule has 0 aliphatic heterocycles. The predicted octanol–water partition coefficient (Wildman–Crippen LogP) is -0.650. The van der Waals surface area contributed by atoms with Gasteiger partial charge >= 0.3 is 37.7 Å². The molecule has 2 bridgehead atoms. The summed E-state index contributed by atoms with van der Waals surface area (Å²) in [4.78, 5) is 22.9. The Morgan fingerprint density at radius 3 is 1.95 bits per heavy atom. The zero-order valence-corrected chi connectivity index (χ0v) is 13.8. The van der Waals surface area contributed by atoms with E-state index in [2.05, 4.69) is 0 Å². The summed E-state index contributed by atoms with van der Waals surface area (Å²) in [5, 5.41) is 22.9. The van der Waals surface area contributed by atoms with Gasteiger partial charge in [0, 0.05) is 23.8 Å². The molecule has 19 heavy (non-hydrogen) atoms. The third-order valence-electron chi connectivity index (χ3n) is 5.08. The number of fused-ring (bicyclic) bond motifs is 2. The molecule has 5 heteroatoms. The van der Waals surface area contributed by atoms with E-state index in [0.29, 0.717) is 12.8 Å². The Kier molecular flexibility index (Phi) is 4.81. The number of allylic oxidation sites excluding steroid dienone is 2. The quantitative estimate of drug-likeness (QED) is 0.511. The topological polar surface area (TPSA) is 80.3 Å². The Bertz CT molecular complexity index is 431. The standard InChI is InChI=1S/C14H20O4.Ca/c1-8(2)14-6-4-13(3,5-7-14)9(11(15)16)10(14)12(17)18;/h4,6,8-10H,5,7H2,1-3H3,(H,15,16)(H,17,18);/q;+2/p-2. The molecular weight excluding hydrogens is 272 g/mol. The van der Waals surface area contributed by atoms with Gasteiger partial charge in [0.2, 0.25) is 0 Å². The minimum Gasteiger partial charge on any atom is -0.550 e. The van der Waals surface area contributed by atoms with Gasteiger partial charge in [-0.3, -0.25) is 0 Å². The zero-order valence-electron chi connectivity index (χ0n) is 11.6. The summed E-state index contributed by atoms with van der Waals surface area (Å²) in [7, 11) is 0. The molecule has 0 N–H and O–H groups in total. The number of carboxylic acids is 2. The van der Waals surface area contributed by atoms with Crippen LogP contribution in [0.25, 0.3) is 0 Å². The first-order chi connectivity index (χ1) is 8.24. The Morgan fingerprint density at radius 1 is 1.11 bits per heavy atom. The summed E-state index contributed by atoms with van der Waals surface area (Å²) < 4.78 is 0. The maximum absolute atomic E-state index is 11.5. The minimum absolute atomic E-state index is 0. The maximum Gasteiger partial charge on any atom is 2.00 e. The molecule has 3 aliphatic carbocycles. The monoisotopic (exact) mass is 290 g/mol. The molecule has 1 fully saturated rings. The normalized spacial score (nSPS) is 40.0. The largest absolute Gasteiger partial charge is 2.00 e. The smallest absolute Gasteiger partial charge is 0.550 e. The Labute approximate surface area is 143 Å². The molecule has 3 aliphatic rings. The number of carboxylic acid groups (broad SMARTS) is 2. The van der Waals surface area contributed by atoms with Crippen LogP contribution >= 0.6 is 0 Å². The fourth-order valence-electron chi connectivity index (χ4n) is 3.81. The summed E-state index contributed by atoms with van der Waals surface area (Å²) in [6.07, 6.45) is 5.15. The van der Waals surface area contributed by atoms with E-state index in [1.165, 1.54) is 0 Å². The zero-order chi connectivity index (χ0) is 13.7. The Balaban J connectivity index is 0.00000180. The van der Waals surface area contributed by atoms with Gasteiger partial charge < -0.3 is 19.8 Å². The molecule has 0 spiro atoms. The van der Waals surface area contributed by atoms with Crippen LogP contribution in [0.15, 0.2) is 12.2 Å². The number of carbonyl (C=O) groups excluding carboxylic acids is 2. The first-order valence-electron chi connectivity index (χ1n) is 6.37. The van der Waals surface area contributed by atoms with E-state index in [1.54, 1.807) is 6.92 Å². The van der Waals surface area contributed by atoms with Crippen molar-refractivity contribution in [3.05, 3.63) is 12.2 Å². The van der Waals surface area contributed by atoms with E-state index in [0.717, 1.165) is 0 Å². The van der Waals surface area contributed by atoms with Gasteiger partial charge in [0.15, 0.2) is 0 Å². The van der Waals surface area contributed by atoms with Gasteiger partial charge in [-0.2, -0.15) is 0 Å². The van der Waals surface area contributed by atoms with Crippen LogP contribution in [0.4, 0.5) is 0 Å². The predicted molar refractivity (Wildman–Crippen MR) is 66.5 cm³/mol. The molecule has 100 valence electrons. The molecule has 0 saturated heterocycles. The second-order valence-corrected chi connectivity index (χ2v) is 6.20. The molecule has 4 atom stereocenters. The molecule has 1 saturated carbocycles. The van der Waals surface area contributed by atoms with Crippen molar-refractivity contribution in [1.82, 2.24) is 0 Å². The number of rotatable bonds is 3. The molecule has 4 nitrogen and oxygen atoms in total. The molecular formula is C14H18CaO4. The van der Waals surface area contributed by atoms with Crippen molar-refractivity contribution in [2.75, 3.05) is 0 Å². The first kappa shape index (κ1) is 17.0. The average Bonchev–Trinajstić information content (AvgIpc) is 2.27. The van der Waals surface area contributed by atoms with Crippen molar-refractivity contribution in [3.63, 3.8) is 0 Å². The fourth-order valence-corrected chi connectivity index (χ4v) is 3.81. The van der Waals surface area contributed by atoms with Gasteiger partial charge in [0.1, 0.15) is 0 Å². The molecule has 3 rings (SSSR count). The average molecular weight is 290 g/mol. The van der Waals surface area contributed by atoms with E-state index < -0.39 is 34.6 Å².